The highest BCUT2D eigenvalue weighted by atomic mass is 28.2. The first-order valence-corrected chi connectivity index (χ1v) is 4.95. The van der Waals surface area contributed by atoms with Crippen molar-refractivity contribution < 1.29 is 14.0 Å². The van der Waals surface area contributed by atoms with Gasteiger partial charge in [0.1, 0.15) is 11.6 Å². The Hall–Kier alpha value is -0.483. The Morgan fingerprint density at radius 2 is 1.82 bits per heavy atom. The third-order valence-electron chi connectivity index (χ3n) is 2.24. The Morgan fingerprint density at radius 3 is 2.18 bits per heavy atom. The molecule has 0 unspecified atom stereocenters. The number of rotatable bonds is 2. The van der Waals surface area contributed by atoms with Crippen LogP contribution >= 0.6 is 0 Å². The van der Waals surface area contributed by atoms with Crippen LogP contribution in [-0.2, 0) is 14.0 Å². The second kappa shape index (κ2) is 2.87. The third kappa shape index (κ3) is 1.28. The molecule has 62 valence electrons. The first-order valence-electron chi connectivity index (χ1n) is 3.67. The fourth-order valence-electron chi connectivity index (χ4n) is 1.38. The molecule has 4 heteroatoms. The van der Waals surface area contributed by atoms with Crippen molar-refractivity contribution in [3.8, 4) is 0 Å². The second-order valence-electron chi connectivity index (χ2n) is 3.11. The minimum atomic E-state index is -0.992. The highest BCUT2D eigenvalue weighted by Gasteiger charge is 2.45. The Balaban J connectivity index is 2.80. The minimum Gasteiger partial charge on any atom is -0.426 e. The molecule has 11 heavy (non-hydrogen) atoms. The first kappa shape index (κ1) is 8.61. The van der Waals surface area contributed by atoms with Gasteiger partial charge in [-0.05, 0) is 6.92 Å². The number of Topliss-reactive ketones (excluding diaryl/α,β-unsaturated/α-hetero) is 2. The molecule has 0 aromatic heterocycles. The highest BCUT2D eigenvalue weighted by molar-refractivity contribution is 6.52. The van der Waals surface area contributed by atoms with Crippen LogP contribution < -0.4 is 0 Å². The van der Waals surface area contributed by atoms with E-state index in [1.54, 1.807) is 14.0 Å². The summed E-state index contributed by atoms with van der Waals surface area (Å²) in [5, 5.41) is -0.700. The van der Waals surface area contributed by atoms with Crippen molar-refractivity contribution in [3.63, 3.8) is 0 Å². The van der Waals surface area contributed by atoms with Crippen molar-refractivity contribution in [3.05, 3.63) is 0 Å². The van der Waals surface area contributed by atoms with Gasteiger partial charge in [0.15, 0.2) is 9.76 Å². The summed E-state index contributed by atoms with van der Waals surface area (Å²) in [6, 6.07) is 0. The smallest absolute Gasteiger partial charge is 0.182 e. The normalized spacial score (nSPS) is 23.8. The van der Waals surface area contributed by atoms with Gasteiger partial charge in [0, 0.05) is 20.0 Å². The van der Waals surface area contributed by atoms with Crippen LogP contribution in [0.4, 0.5) is 0 Å². The van der Waals surface area contributed by atoms with E-state index in [2.05, 4.69) is 0 Å². The lowest BCUT2D eigenvalue weighted by atomic mass is 10.1. The van der Waals surface area contributed by atoms with E-state index < -0.39 is 14.8 Å². The van der Waals surface area contributed by atoms with Gasteiger partial charge < -0.3 is 4.43 Å². The molecule has 0 atom stereocenters. The van der Waals surface area contributed by atoms with Crippen LogP contribution in [-0.4, -0.2) is 28.4 Å². The average Bonchev–Trinajstić information content (AvgIpc) is 2.19. The number of hydrogen-bond acceptors (Lipinski definition) is 3. The van der Waals surface area contributed by atoms with E-state index in [9.17, 15) is 9.59 Å². The number of ketones is 2. The predicted octanol–water partition coefficient (Wildman–Crippen LogP) is -0.173. The summed E-state index contributed by atoms with van der Waals surface area (Å²) in [6.45, 7) is 1.72. The van der Waals surface area contributed by atoms with Gasteiger partial charge in [0.25, 0.3) is 0 Å². The Labute approximate surface area is 68.1 Å². The molecule has 0 aromatic carbocycles. The molecule has 0 aliphatic heterocycles. The Kier molecular flexibility index (Phi) is 2.24. The van der Waals surface area contributed by atoms with E-state index in [-0.39, 0.29) is 11.6 Å². The van der Waals surface area contributed by atoms with E-state index in [0.29, 0.717) is 12.8 Å². The SMILES string of the molecule is CO[SiH2]C1(C)C(=O)CCC1=O. The standard InChI is InChI=1S/C7H12O3Si/c1-7(11-10-2)5(8)3-4-6(7)9/h3-4,11H2,1-2H3. The summed E-state index contributed by atoms with van der Waals surface area (Å²) < 4.78 is 4.97. The fourth-order valence-corrected chi connectivity index (χ4v) is 2.64. The van der Waals surface area contributed by atoms with Crippen LogP contribution in [0.5, 0.6) is 0 Å². The van der Waals surface area contributed by atoms with Gasteiger partial charge in [-0.15, -0.1) is 0 Å². The number of hydrogen-bond donors (Lipinski definition) is 0. The monoisotopic (exact) mass is 172 g/mol. The zero-order chi connectivity index (χ0) is 8.48. The maximum Gasteiger partial charge on any atom is 0.182 e. The molecule has 1 rings (SSSR count). The lowest BCUT2D eigenvalue weighted by Crippen LogP contribution is -2.29. The predicted molar refractivity (Wildman–Crippen MR) is 43.2 cm³/mol. The van der Waals surface area contributed by atoms with E-state index >= 15 is 0 Å². The molecule has 0 spiro atoms. The van der Waals surface area contributed by atoms with E-state index in [1.807, 2.05) is 0 Å². The third-order valence-corrected chi connectivity index (χ3v) is 3.90. The minimum absolute atomic E-state index is 0.0796. The molecular weight excluding hydrogens is 160 g/mol. The molecular formula is C7H12O3Si. The van der Waals surface area contributed by atoms with E-state index in [0.717, 1.165) is 0 Å². The van der Waals surface area contributed by atoms with Crippen molar-refractivity contribution >= 4 is 21.3 Å². The van der Waals surface area contributed by atoms with Crippen molar-refractivity contribution in [2.24, 2.45) is 0 Å². The van der Waals surface area contributed by atoms with Gasteiger partial charge in [-0.25, -0.2) is 0 Å². The fraction of sp³-hybridized carbons (Fsp3) is 0.714. The van der Waals surface area contributed by atoms with Gasteiger partial charge in [-0.2, -0.15) is 0 Å². The number of carbonyl (C=O) groups excluding carboxylic acids is 2. The van der Waals surface area contributed by atoms with Gasteiger partial charge >= 0.3 is 0 Å². The zero-order valence-electron chi connectivity index (χ0n) is 6.85. The summed E-state index contributed by atoms with van der Waals surface area (Å²) >= 11 is 0. The molecule has 1 aliphatic rings. The summed E-state index contributed by atoms with van der Waals surface area (Å²) in [6.07, 6.45) is 0.845. The van der Waals surface area contributed by atoms with Crippen LogP contribution in [0.1, 0.15) is 19.8 Å². The van der Waals surface area contributed by atoms with Gasteiger partial charge in [0.05, 0.1) is 5.04 Å². The van der Waals surface area contributed by atoms with Gasteiger partial charge in [0.2, 0.25) is 0 Å². The van der Waals surface area contributed by atoms with Crippen LogP contribution in [0.25, 0.3) is 0 Å². The van der Waals surface area contributed by atoms with Crippen LogP contribution in [0, 0.1) is 0 Å². The molecule has 0 saturated heterocycles. The maximum atomic E-state index is 11.2. The van der Waals surface area contributed by atoms with Gasteiger partial charge in [-0.3, -0.25) is 9.59 Å². The van der Waals surface area contributed by atoms with Crippen molar-refractivity contribution in [1.29, 1.82) is 0 Å². The molecule has 0 bridgehead atoms. The Bertz CT molecular complexity index is 184. The molecule has 0 N–H and O–H groups in total. The lowest BCUT2D eigenvalue weighted by Gasteiger charge is -2.17. The molecule has 1 aliphatic carbocycles. The van der Waals surface area contributed by atoms with Crippen molar-refractivity contribution in [1.82, 2.24) is 0 Å². The van der Waals surface area contributed by atoms with Gasteiger partial charge in [-0.1, -0.05) is 0 Å². The summed E-state index contributed by atoms with van der Waals surface area (Å²) in [5.41, 5.74) is 0. The van der Waals surface area contributed by atoms with E-state index in [4.69, 9.17) is 4.43 Å². The molecule has 0 amide bonds. The molecule has 1 fully saturated rings. The number of carbonyl (C=O) groups is 2. The first-order chi connectivity index (χ1) is 5.11. The molecule has 3 nitrogen and oxygen atoms in total. The Morgan fingerprint density at radius 1 is 1.36 bits per heavy atom. The topological polar surface area (TPSA) is 43.4 Å². The second-order valence-corrected chi connectivity index (χ2v) is 5.39. The van der Waals surface area contributed by atoms with Crippen LogP contribution in [0.2, 0.25) is 5.04 Å². The summed E-state index contributed by atoms with van der Waals surface area (Å²) in [4.78, 5) is 22.5. The molecule has 0 aromatic rings. The average molecular weight is 172 g/mol. The molecule has 0 heterocycles. The summed E-state index contributed by atoms with van der Waals surface area (Å²) in [7, 11) is 0.574. The van der Waals surface area contributed by atoms with Crippen molar-refractivity contribution in [2.75, 3.05) is 7.11 Å². The molecule has 0 radical (unpaired) electrons. The van der Waals surface area contributed by atoms with Crippen LogP contribution in [0.3, 0.4) is 0 Å². The zero-order valence-corrected chi connectivity index (χ0v) is 8.26. The quantitative estimate of drug-likeness (QED) is 0.429. The summed E-state index contributed by atoms with van der Waals surface area (Å²) in [5.74, 6) is 0.159. The molecule has 1 saturated carbocycles. The van der Waals surface area contributed by atoms with E-state index in [1.165, 1.54) is 0 Å². The van der Waals surface area contributed by atoms with Crippen LogP contribution in [0.15, 0.2) is 0 Å². The largest absolute Gasteiger partial charge is 0.426 e. The highest BCUT2D eigenvalue weighted by Crippen LogP contribution is 2.36. The lowest BCUT2D eigenvalue weighted by molar-refractivity contribution is -0.125. The maximum absolute atomic E-state index is 11.2. The van der Waals surface area contributed by atoms with Crippen molar-refractivity contribution in [2.45, 2.75) is 24.8 Å².